The normalized spacial score (nSPS) is 21.9. The van der Waals surface area contributed by atoms with E-state index < -0.39 is 6.10 Å². The molecule has 1 aromatic rings. The summed E-state index contributed by atoms with van der Waals surface area (Å²) in [5.74, 6) is 0.0727. The van der Waals surface area contributed by atoms with E-state index in [0.29, 0.717) is 12.5 Å². The molecule has 1 saturated carbocycles. The molecular weight excluding hydrogens is 256 g/mol. The number of hydrogen-bond acceptors (Lipinski definition) is 4. The third-order valence-corrected chi connectivity index (χ3v) is 4.39. The number of aliphatic hydroxyl groups excluding tert-OH is 1. The molecule has 0 unspecified atom stereocenters. The number of primary amides is 1. The average Bonchev–Trinajstić information content (AvgIpc) is 2.61. The van der Waals surface area contributed by atoms with Gasteiger partial charge < -0.3 is 10.8 Å². The van der Waals surface area contributed by atoms with Crippen LogP contribution in [-0.4, -0.2) is 38.8 Å². The second-order valence-electron chi connectivity index (χ2n) is 5.95. The molecule has 2 heterocycles. The second-order valence-corrected chi connectivity index (χ2v) is 5.95. The summed E-state index contributed by atoms with van der Waals surface area (Å²) in [4.78, 5) is 13.1. The maximum atomic E-state index is 11.1. The highest BCUT2D eigenvalue weighted by molar-refractivity contribution is 5.75. The molecule has 3 N–H and O–H groups in total. The Balaban J connectivity index is 1.74. The van der Waals surface area contributed by atoms with E-state index in [0.717, 1.165) is 43.7 Å². The number of aryl methyl sites for hydroxylation is 1. The van der Waals surface area contributed by atoms with E-state index >= 15 is 0 Å². The van der Waals surface area contributed by atoms with Crippen LogP contribution in [0.25, 0.3) is 0 Å². The number of fused-ring (bicyclic) bond motifs is 1. The average molecular weight is 278 g/mol. The van der Waals surface area contributed by atoms with E-state index in [4.69, 9.17) is 5.73 Å². The molecule has 1 atom stereocenters. The van der Waals surface area contributed by atoms with Gasteiger partial charge in [0.15, 0.2) is 0 Å². The van der Waals surface area contributed by atoms with Crippen molar-refractivity contribution in [3.05, 3.63) is 17.5 Å². The summed E-state index contributed by atoms with van der Waals surface area (Å²) in [7, 11) is 0. The largest absolute Gasteiger partial charge is 0.386 e. The molecule has 1 fully saturated rings. The van der Waals surface area contributed by atoms with E-state index in [9.17, 15) is 9.90 Å². The number of carbonyl (C=O) groups excluding carboxylic acids is 1. The van der Waals surface area contributed by atoms with Crippen LogP contribution in [0.4, 0.5) is 0 Å². The molecule has 0 bridgehead atoms. The molecule has 0 saturated heterocycles. The lowest BCUT2D eigenvalue weighted by Crippen LogP contribution is -2.33. The number of aromatic nitrogens is 2. The van der Waals surface area contributed by atoms with Crippen LogP contribution in [0.3, 0.4) is 0 Å². The van der Waals surface area contributed by atoms with Crippen molar-refractivity contribution in [2.75, 3.05) is 13.1 Å². The number of nitrogens with zero attached hydrogens (tertiary/aromatic N) is 3. The van der Waals surface area contributed by atoms with Crippen molar-refractivity contribution in [1.82, 2.24) is 14.7 Å². The van der Waals surface area contributed by atoms with Gasteiger partial charge in [-0.15, -0.1) is 0 Å². The molecule has 0 radical (unpaired) electrons. The van der Waals surface area contributed by atoms with Crippen LogP contribution >= 0.6 is 0 Å². The molecular formula is C14H22N4O2. The highest BCUT2D eigenvalue weighted by Crippen LogP contribution is 2.37. The Labute approximate surface area is 118 Å². The third-order valence-electron chi connectivity index (χ3n) is 4.39. The Kier molecular flexibility index (Phi) is 3.76. The number of aliphatic hydroxyl groups is 1. The van der Waals surface area contributed by atoms with E-state index in [-0.39, 0.29) is 12.5 Å². The first kappa shape index (κ1) is 13.6. The fourth-order valence-electron chi connectivity index (χ4n) is 3.05. The molecule has 6 heteroatoms. The molecule has 1 aromatic heterocycles. The van der Waals surface area contributed by atoms with Crippen LogP contribution in [0.2, 0.25) is 0 Å². The molecule has 0 aromatic carbocycles. The highest BCUT2D eigenvalue weighted by Gasteiger charge is 2.29. The van der Waals surface area contributed by atoms with E-state index in [1.165, 1.54) is 6.42 Å². The minimum absolute atomic E-state index is 0.283. The molecule has 3 rings (SSSR count). The number of rotatable bonds is 4. The van der Waals surface area contributed by atoms with E-state index in [1.807, 2.05) is 15.6 Å². The summed E-state index contributed by atoms with van der Waals surface area (Å²) in [6, 6.07) is 1.99. The summed E-state index contributed by atoms with van der Waals surface area (Å²) in [5.41, 5.74) is 7.12. The third kappa shape index (κ3) is 2.71. The van der Waals surface area contributed by atoms with Gasteiger partial charge in [-0.05, 0) is 31.2 Å². The van der Waals surface area contributed by atoms with Gasteiger partial charge in [-0.2, -0.15) is 5.10 Å². The van der Waals surface area contributed by atoms with Crippen molar-refractivity contribution in [2.45, 2.75) is 44.9 Å². The molecule has 0 spiro atoms. The topological polar surface area (TPSA) is 84.4 Å². The smallest absolute Gasteiger partial charge is 0.231 e. The molecule has 6 nitrogen and oxygen atoms in total. The Hall–Kier alpha value is -1.40. The number of carbonyl (C=O) groups is 1. The Morgan fingerprint density at radius 3 is 2.90 bits per heavy atom. The van der Waals surface area contributed by atoms with Crippen LogP contribution in [-0.2, 0) is 17.9 Å². The van der Waals surface area contributed by atoms with E-state index in [2.05, 4.69) is 5.10 Å². The minimum atomic E-state index is -0.437. The highest BCUT2D eigenvalue weighted by atomic mass is 16.3. The van der Waals surface area contributed by atoms with Gasteiger partial charge in [-0.1, -0.05) is 6.42 Å². The summed E-state index contributed by atoms with van der Waals surface area (Å²) < 4.78 is 1.97. The molecule has 1 aliphatic carbocycles. The van der Waals surface area contributed by atoms with Gasteiger partial charge in [-0.25, -0.2) is 0 Å². The van der Waals surface area contributed by atoms with Crippen LogP contribution in [0.1, 0.15) is 43.2 Å². The van der Waals surface area contributed by atoms with E-state index in [1.54, 1.807) is 0 Å². The standard InChI is InChI=1S/C14H22N4O2/c15-13(19)9-17-5-2-6-18-11(8-17)7-12(16-18)14(20)10-3-1-4-10/h7,10,14,20H,1-6,8-9H2,(H2,15,19)/t14-/m1/s1. The van der Waals surface area contributed by atoms with Crippen molar-refractivity contribution in [2.24, 2.45) is 11.7 Å². The van der Waals surface area contributed by atoms with Gasteiger partial charge in [0, 0.05) is 19.6 Å². The van der Waals surface area contributed by atoms with Crippen molar-refractivity contribution >= 4 is 5.91 Å². The van der Waals surface area contributed by atoms with Crippen LogP contribution < -0.4 is 5.73 Å². The van der Waals surface area contributed by atoms with Gasteiger partial charge in [0.05, 0.1) is 17.9 Å². The SMILES string of the molecule is NC(=O)CN1CCCn2nc([C@H](O)C3CCC3)cc2C1. The van der Waals surface area contributed by atoms with Gasteiger partial charge >= 0.3 is 0 Å². The van der Waals surface area contributed by atoms with Crippen LogP contribution in [0.5, 0.6) is 0 Å². The summed E-state index contributed by atoms with van der Waals surface area (Å²) >= 11 is 0. The Bertz CT molecular complexity index is 495. The summed E-state index contributed by atoms with van der Waals surface area (Å²) in [6.45, 7) is 2.65. The first-order valence-electron chi connectivity index (χ1n) is 7.39. The zero-order valence-electron chi connectivity index (χ0n) is 11.7. The van der Waals surface area contributed by atoms with Crippen molar-refractivity contribution in [3.8, 4) is 0 Å². The predicted octanol–water partition coefficient (Wildman–Crippen LogP) is 0.408. The van der Waals surface area contributed by atoms with Gasteiger partial charge in [0.1, 0.15) is 6.10 Å². The Morgan fingerprint density at radius 1 is 1.45 bits per heavy atom. The molecule has 1 amide bonds. The lowest BCUT2D eigenvalue weighted by Gasteiger charge is -2.29. The predicted molar refractivity (Wildman–Crippen MR) is 73.6 cm³/mol. The van der Waals surface area contributed by atoms with Crippen molar-refractivity contribution < 1.29 is 9.90 Å². The Morgan fingerprint density at radius 2 is 2.25 bits per heavy atom. The lowest BCUT2D eigenvalue weighted by atomic mass is 9.80. The molecule has 1 aliphatic heterocycles. The zero-order valence-corrected chi connectivity index (χ0v) is 11.7. The van der Waals surface area contributed by atoms with Gasteiger partial charge in [-0.3, -0.25) is 14.4 Å². The maximum absolute atomic E-state index is 11.1. The zero-order chi connectivity index (χ0) is 14.1. The fourth-order valence-corrected chi connectivity index (χ4v) is 3.05. The minimum Gasteiger partial charge on any atom is -0.386 e. The quantitative estimate of drug-likeness (QED) is 0.835. The van der Waals surface area contributed by atoms with Gasteiger partial charge in [0.25, 0.3) is 0 Å². The number of amides is 1. The first-order chi connectivity index (χ1) is 9.63. The molecule has 2 aliphatic rings. The first-order valence-corrected chi connectivity index (χ1v) is 7.39. The monoisotopic (exact) mass is 278 g/mol. The molecule has 20 heavy (non-hydrogen) atoms. The molecule has 110 valence electrons. The fraction of sp³-hybridized carbons (Fsp3) is 0.714. The van der Waals surface area contributed by atoms with Crippen LogP contribution in [0, 0.1) is 5.92 Å². The number of hydrogen-bond donors (Lipinski definition) is 2. The lowest BCUT2D eigenvalue weighted by molar-refractivity contribution is -0.119. The van der Waals surface area contributed by atoms with Gasteiger partial charge in [0.2, 0.25) is 5.91 Å². The van der Waals surface area contributed by atoms with Crippen molar-refractivity contribution in [1.29, 1.82) is 0 Å². The van der Waals surface area contributed by atoms with Crippen molar-refractivity contribution in [3.63, 3.8) is 0 Å². The summed E-state index contributed by atoms with van der Waals surface area (Å²) in [5, 5.41) is 14.9. The summed E-state index contributed by atoms with van der Waals surface area (Å²) in [6.07, 6.45) is 3.91. The maximum Gasteiger partial charge on any atom is 0.231 e. The van der Waals surface area contributed by atoms with Crippen LogP contribution in [0.15, 0.2) is 6.07 Å². The number of nitrogens with two attached hydrogens (primary N) is 1. The second kappa shape index (κ2) is 5.54.